The molecule has 0 radical (unpaired) electrons. The van der Waals surface area contributed by atoms with Gasteiger partial charge in [0.05, 0.1) is 12.6 Å². The third-order valence-electron chi connectivity index (χ3n) is 4.25. The number of anilines is 1. The first-order valence-electron chi connectivity index (χ1n) is 8.02. The predicted molar refractivity (Wildman–Crippen MR) is 86.6 cm³/mol. The van der Waals surface area contributed by atoms with Crippen molar-refractivity contribution in [2.75, 3.05) is 38.5 Å². The summed E-state index contributed by atoms with van der Waals surface area (Å²) in [5, 5.41) is 0.581. The quantitative estimate of drug-likeness (QED) is 0.855. The molecule has 0 aliphatic carbocycles. The Hall–Kier alpha value is -1.18. The lowest BCUT2D eigenvalue weighted by molar-refractivity contribution is -0.131. The van der Waals surface area contributed by atoms with Gasteiger partial charge in [-0.25, -0.2) is 4.98 Å². The van der Waals surface area contributed by atoms with Gasteiger partial charge in [0, 0.05) is 43.9 Å². The Morgan fingerprint density at radius 1 is 1.45 bits per heavy atom. The monoisotopic (exact) mass is 324 g/mol. The Morgan fingerprint density at radius 3 is 2.91 bits per heavy atom. The molecule has 2 aliphatic heterocycles. The lowest BCUT2D eigenvalue weighted by Crippen LogP contribution is -2.41. The number of likely N-dealkylation sites (tertiary alicyclic amines) is 1. The third kappa shape index (κ3) is 4.18. The first-order chi connectivity index (χ1) is 10.7. The van der Waals surface area contributed by atoms with E-state index in [1.54, 1.807) is 0 Å². The molecule has 0 aromatic carbocycles. The van der Waals surface area contributed by atoms with Crippen LogP contribution in [0.1, 0.15) is 30.6 Å². The predicted octanol–water partition coefficient (Wildman–Crippen LogP) is 1.33. The highest BCUT2D eigenvalue weighted by molar-refractivity contribution is 7.15. The van der Waals surface area contributed by atoms with Crippen LogP contribution in [0.3, 0.4) is 0 Å². The number of rotatable bonds is 6. The summed E-state index contributed by atoms with van der Waals surface area (Å²) >= 11 is 1.49. The minimum Gasteiger partial charge on any atom is -0.377 e. The number of aromatic nitrogens is 1. The standard InChI is InChI=1S/C15H24N4O2S/c16-15-17-8-13(22-15)10-18(9-12-4-3-7-21-12)11-14(20)19-5-1-2-6-19/h8,12H,1-7,9-11H2,(H2,16,17). The molecule has 2 N–H and O–H groups in total. The summed E-state index contributed by atoms with van der Waals surface area (Å²) in [7, 11) is 0. The summed E-state index contributed by atoms with van der Waals surface area (Å²) in [6, 6.07) is 0. The first kappa shape index (κ1) is 15.7. The third-order valence-corrected chi connectivity index (χ3v) is 5.07. The average molecular weight is 324 g/mol. The number of carbonyl (C=O) groups is 1. The highest BCUT2D eigenvalue weighted by atomic mass is 32.1. The van der Waals surface area contributed by atoms with Crippen molar-refractivity contribution in [3.63, 3.8) is 0 Å². The number of thiazole rings is 1. The minimum atomic E-state index is 0.230. The maximum atomic E-state index is 12.4. The van der Waals surface area contributed by atoms with E-state index in [2.05, 4.69) is 9.88 Å². The van der Waals surface area contributed by atoms with Gasteiger partial charge in [-0.1, -0.05) is 0 Å². The summed E-state index contributed by atoms with van der Waals surface area (Å²) in [5.74, 6) is 0.230. The average Bonchev–Trinajstić information content (AvgIpc) is 3.21. The number of nitrogens with zero attached hydrogens (tertiary/aromatic N) is 3. The maximum Gasteiger partial charge on any atom is 0.236 e. The molecule has 0 saturated carbocycles. The fraction of sp³-hybridized carbons (Fsp3) is 0.733. The van der Waals surface area contributed by atoms with Gasteiger partial charge >= 0.3 is 0 Å². The van der Waals surface area contributed by atoms with Crippen LogP contribution in [0.25, 0.3) is 0 Å². The van der Waals surface area contributed by atoms with Gasteiger partial charge in [-0.15, -0.1) is 11.3 Å². The number of hydrogen-bond acceptors (Lipinski definition) is 6. The van der Waals surface area contributed by atoms with Crippen molar-refractivity contribution in [2.45, 2.75) is 38.3 Å². The fourth-order valence-electron chi connectivity index (χ4n) is 3.14. The van der Waals surface area contributed by atoms with E-state index in [1.807, 2.05) is 11.1 Å². The molecule has 22 heavy (non-hydrogen) atoms. The van der Waals surface area contributed by atoms with Gasteiger partial charge < -0.3 is 15.4 Å². The summed E-state index contributed by atoms with van der Waals surface area (Å²) in [6.07, 6.45) is 6.51. The summed E-state index contributed by atoms with van der Waals surface area (Å²) in [6.45, 7) is 4.62. The van der Waals surface area contributed by atoms with Crippen LogP contribution in [0.4, 0.5) is 5.13 Å². The lowest BCUT2D eigenvalue weighted by atomic mass is 10.2. The molecule has 6 nitrogen and oxygen atoms in total. The number of amides is 1. The maximum absolute atomic E-state index is 12.4. The van der Waals surface area contributed by atoms with Crippen molar-refractivity contribution in [1.29, 1.82) is 0 Å². The Bertz CT molecular complexity index is 495. The van der Waals surface area contributed by atoms with Crippen molar-refractivity contribution in [1.82, 2.24) is 14.8 Å². The number of ether oxygens (including phenoxy) is 1. The second kappa shape index (κ2) is 7.39. The molecule has 3 heterocycles. The van der Waals surface area contributed by atoms with Crippen molar-refractivity contribution in [3.8, 4) is 0 Å². The van der Waals surface area contributed by atoms with Crippen molar-refractivity contribution >= 4 is 22.4 Å². The topological polar surface area (TPSA) is 71.7 Å². The highest BCUT2D eigenvalue weighted by Gasteiger charge is 2.24. The molecule has 0 bridgehead atoms. The molecule has 1 unspecified atom stereocenters. The van der Waals surface area contributed by atoms with Gasteiger partial charge in [-0.2, -0.15) is 0 Å². The van der Waals surface area contributed by atoms with Gasteiger partial charge in [0.25, 0.3) is 0 Å². The number of nitrogens with two attached hydrogens (primary N) is 1. The molecule has 1 aromatic rings. The molecule has 1 atom stereocenters. The van der Waals surface area contributed by atoms with E-state index >= 15 is 0 Å². The zero-order valence-corrected chi connectivity index (χ0v) is 13.7. The zero-order valence-electron chi connectivity index (χ0n) is 12.9. The van der Waals surface area contributed by atoms with Crippen molar-refractivity contribution in [2.24, 2.45) is 0 Å². The molecule has 0 spiro atoms. The Balaban J connectivity index is 1.60. The largest absolute Gasteiger partial charge is 0.377 e. The van der Waals surface area contributed by atoms with Crippen LogP contribution in [0.5, 0.6) is 0 Å². The molecular weight excluding hydrogens is 300 g/mol. The zero-order chi connectivity index (χ0) is 15.4. The van der Waals surface area contributed by atoms with Crippen LogP contribution in [-0.2, 0) is 16.1 Å². The Morgan fingerprint density at radius 2 is 2.27 bits per heavy atom. The normalized spacial score (nSPS) is 21.9. The molecule has 7 heteroatoms. The van der Waals surface area contributed by atoms with Gasteiger partial charge in [-0.3, -0.25) is 9.69 Å². The number of hydrogen-bond donors (Lipinski definition) is 1. The summed E-state index contributed by atoms with van der Waals surface area (Å²) in [4.78, 5) is 21.8. The number of nitrogen functional groups attached to an aromatic ring is 1. The van der Waals surface area contributed by atoms with Crippen LogP contribution in [-0.4, -0.2) is 59.6 Å². The molecule has 122 valence electrons. The molecule has 2 aliphatic rings. The highest BCUT2D eigenvalue weighted by Crippen LogP contribution is 2.19. The molecule has 3 rings (SSSR count). The smallest absolute Gasteiger partial charge is 0.236 e. The molecule has 1 amide bonds. The van der Waals surface area contributed by atoms with E-state index in [-0.39, 0.29) is 12.0 Å². The van der Waals surface area contributed by atoms with E-state index in [0.29, 0.717) is 18.2 Å². The molecule has 2 saturated heterocycles. The molecule has 2 fully saturated rings. The number of carbonyl (C=O) groups excluding carboxylic acids is 1. The van der Waals surface area contributed by atoms with Crippen LogP contribution < -0.4 is 5.73 Å². The van der Waals surface area contributed by atoms with Gasteiger partial charge in [-0.05, 0) is 25.7 Å². The summed E-state index contributed by atoms with van der Waals surface area (Å²) < 4.78 is 5.73. The van der Waals surface area contributed by atoms with Gasteiger partial charge in [0.2, 0.25) is 5.91 Å². The van der Waals surface area contributed by atoms with Crippen LogP contribution in [0.2, 0.25) is 0 Å². The van der Waals surface area contributed by atoms with E-state index in [4.69, 9.17) is 10.5 Å². The Kier molecular flexibility index (Phi) is 5.28. The molecular formula is C15H24N4O2S. The van der Waals surface area contributed by atoms with E-state index < -0.39 is 0 Å². The van der Waals surface area contributed by atoms with Crippen LogP contribution in [0.15, 0.2) is 6.20 Å². The Labute approximate surface area is 135 Å². The van der Waals surface area contributed by atoms with Crippen LogP contribution in [0, 0.1) is 0 Å². The van der Waals surface area contributed by atoms with E-state index in [0.717, 1.165) is 56.8 Å². The second-order valence-electron chi connectivity index (χ2n) is 6.06. The fourth-order valence-corrected chi connectivity index (χ4v) is 3.86. The van der Waals surface area contributed by atoms with Crippen LogP contribution >= 0.6 is 11.3 Å². The van der Waals surface area contributed by atoms with E-state index in [1.165, 1.54) is 11.3 Å². The van der Waals surface area contributed by atoms with Crippen molar-refractivity contribution < 1.29 is 9.53 Å². The van der Waals surface area contributed by atoms with Crippen molar-refractivity contribution in [3.05, 3.63) is 11.1 Å². The lowest BCUT2D eigenvalue weighted by Gasteiger charge is -2.26. The summed E-state index contributed by atoms with van der Waals surface area (Å²) in [5.41, 5.74) is 5.71. The minimum absolute atomic E-state index is 0.230. The van der Waals surface area contributed by atoms with Gasteiger partial charge in [0.1, 0.15) is 0 Å². The van der Waals surface area contributed by atoms with Gasteiger partial charge in [0.15, 0.2) is 5.13 Å². The SMILES string of the molecule is Nc1ncc(CN(CC(=O)N2CCCC2)CC2CCCO2)s1. The molecule has 1 aromatic heterocycles. The second-order valence-corrected chi connectivity index (χ2v) is 7.20. The van der Waals surface area contributed by atoms with E-state index in [9.17, 15) is 4.79 Å². The first-order valence-corrected chi connectivity index (χ1v) is 8.84.